The van der Waals surface area contributed by atoms with Crippen molar-refractivity contribution >= 4 is 11.8 Å². The number of rotatable bonds is 4. The summed E-state index contributed by atoms with van der Waals surface area (Å²) in [4.78, 5) is 23.0. The molecule has 0 aromatic heterocycles. The molecule has 1 aromatic carbocycles. The van der Waals surface area contributed by atoms with E-state index in [1.54, 1.807) is 18.2 Å². The van der Waals surface area contributed by atoms with Crippen LogP contribution in [0, 0.1) is 0 Å². The Hall–Kier alpha value is -1.88. The Morgan fingerprint density at radius 1 is 1.32 bits per heavy atom. The molecule has 1 fully saturated rings. The Kier molecular flexibility index (Phi) is 4.52. The Labute approximate surface area is 112 Å². The molecule has 0 bridgehead atoms. The van der Waals surface area contributed by atoms with E-state index in [2.05, 4.69) is 10.6 Å². The summed E-state index contributed by atoms with van der Waals surface area (Å²) in [5, 5.41) is 6.25. The summed E-state index contributed by atoms with van der Waals surface area (Å²) in [6, 6.07) is 6.80. The van der Waals surface area contributed by atoms with Crippen molar-refractivity contribution in [2.45, 2.75) is 25.3 Å². The minimum atomic E-state index is -0.524. The number of piperidine rings is 1. The zero-order valence-electron chi connectivity index (χ0n) is 10.8. The first kappa shape index (κ1) is 13.5. The van der Waals surface area contributed by atoms with Crippen molar-refractivity contribution in [1.82, 2.24) is 10.6 Å². The first-order chi connectivity index (χ1) is 9.16. The molecule has 5 heteroatoms. The molecule has 1 heterocycles. The van der Waals surface area contributed by atoms with Crippen molar-refractivity contribution in [2.75, 3.05) is 13.1 Å². The number of primary amides is 1. The molecule has 19 heavy (non-hydrogen) atoms. The average Bonchev–Trinajstić information content (AvgIpc) is 2.46. The van der Waals surface area contributed by atoms with Gasteiger partial charge in [0.1, 0.15) is 0 Å². The van der Waals surface area contributed by atoms with Crippen LogP contribution in [0.25, 0.3) is 0 Å². The summed E-state index contributed by atoms with van der Waals surface area (Å²) in [6.07, 6.45) is 3.48. The van der Waals surface area contributed by atoms with Crippen molar-refractivity contribution in [2.24, 2.45) is 5.73 Å². The second-order valence-electron chi connectivity index (χ2n) is 4.80. The van der Waals surface area contributed by atoms with E-state index in [0.717, 1.165) is 13.0 Å². The summed E-state index contributed by atoms with van der Waals surface area (Å²) in [7, 11) is 0. The van der Waals surface area contributed by atoms with Crippen LogP contribution in [-0.2, 0) is 0 Å². The van der Waals surface area contributed by atoms with E-state index >= 15 is 0 Å². The van der Waals surface area contributed by atoms with Gasteiger partial charge in [-0.3, -0.25) is 9.59 Å². The van der Waals surface area contributed by atoms with Crippen molar-refractivity contribution < 1.29 is 9.59 Å². The van der Waals surface area contributed by atoms with Gasteiger partial charge in [-0.05, 0) is 37.6 Å². The minimum absolute atomic E-state index is 0.171. The van der Waals surface area contributed by atoms with Gasteiger partial charge in [-0.1, -0.05) is 12.5 Å². The second kappa shape index (κ2) is 6.33. The van der Waals surface area contributed by atoms with Gasteiger partial charge in [0.2, 0.25) is 5.91 Å². The van der Waals surface area contributed by atoms with Crippen LogP contribution >= 0.6 is 0 Å². The van der Waals surface area contributed by atoms with Crippen molar-refractivity contribution in [3.63, 3.8) is 0 Å². The first-order valence-corrected chi connectivity index (χ1v) is 6.58. The van der Waals surface area contributed by atoms with E-state index in [0.29, 0.717) is 23.7 Å². The Morgan fingerprint density at radius 3 is 2.79 bits per heavy atom. The quantitative estimate of drug-likeness (QED) is 0.744. The van der Waals surface area contributed by atoms with Crippen LogP contribution in [0.4, 0.5) is 0 Å². The predicted molar refractivity (Wildman–Crippen MR) is 72.9 cm³/mol. The Bertz CT molecular complexity index is 468. The number of benzene rings is 1. The van der Waals surface area contributed by atoms with Crippen molar-refractivity contribution in [3.8, 4) is 0 Å². The lowest BCUT2D eigenvalue weighted by atomic mass is 10.0. The first-order valence-electron chi connectivity index (χ1n) is 6.58. The summed E-state index contributed by atoms with van der Waals surface area (Å²) in [5.74, 6) is -0.695. The fourth-order valence-electron chi connectivity index (χ4n) is 2.23. The van der Waals surface area contributed by atoms with E-state index in [4.69, 9.17) is 5.73 Å². The van der Waals surface area contributed by atoms with Crippen LogP contribution < -0.4 is 16.4 Å². The largest absolute Gasteiger partial charge is 0.366 e. The lowest BCUT2D eigenvalue weighted by Crippen LogP contribution is -2.43. The fraction of sp³-hybridized carbons (Fsp3) is 0.429. The molecule has 1 aromatic rings. The van der Waals surface area contributed by atoms with Crippen LogP contribution in [0.5, 0.6) is 0 Å². The van der Waals surface area contributed by atoms with E-state index in [1.807, 2.05) is 0 Å². The van der Waals surface area contributed by atoms with Crippen LogP contribution in [-0.4, -0.2) is 30.9 Å². The highest BCUT2D eigenvalue weighted by Gasteiger charge is 2.14. The second-order valence-corrected chi connectivity index (χ2v) is 4.80. The summed E-state index contributed by atoms with van der Waals surface area (Å²) in [6.45, 7) is 1.62. The third-order valence-corrected chi connectivity index (χ3v) is 3.33. The molecule has 1 aliphatic rings. The number of hydrogen-bond donors (Lipinski definition) is 3. The normalized spacial score (nSPS) is 18.8. The van der Waals surface area contributed by atoms with Crippen LogP contribution in [0.3, 0.4) is 0 Å². The van der Waals surface area contributed by atoms with Gasteiger partial charge in [0.15, 0.2) is 0 Å². The van der Waals surface area contributed by atoms with Gasteiger partial charge in [-0.25, -0.2) is 0 Å². The average molecular weight is 261 g/mol. The van der Waals surface area contributed by atoms with E-state index in [-0.39, 0.29) is 5.91 Å². The molecule has 0 spiro atoms. The number of carbonyl (C=O) groups excluding carboxylic acids is 2. The summed E-state index contributed by atoms with van der Waals surface area (Å²) < 4.78 is 0. The van der Waals surface area contributed by atoms with Crippen molar-refractivity contribution in [1.29, 1.82) is 0 Å². The topological polar surface area (TPSA) is 84.2 Å². The molecule has 1 saturated heterocycles. The number of nitrogens with one attached hydrogen (secondary N) is 2. The molecule has 0 aliphatic carbocycles. The molecule has 2 amide bonds. The lowest BCUT2D eigenvalue weighted by Gasteiger charge is -2.23. The highest BCUT2D eigenvalue weighted by molar-refractivity contribution is 5.99. The maximum Gasteiger partial charge on any atom is 0.251 e. The van der Waals surface area contributed by atoms with E-state index < -0.39 is 5.91 Å². The van der Waals surface area contributed by atoms with E-state index in [1.165, 1.54) is 18.9 Å². The molecule has 2 rings (SSSR count). The summed E-state index contributed by atoms with van der Waals surface area (Å²) in [5.41, 5.74) is 6.01. The predicted octanol–water partition coefficient (Wildman–Crippen LogP) is 0.657. The zero-order valence-corrected chi connectivity index (χ0v) is 10.8. The fourth-order valence-corrected chi connectivity index (χ4v) is 2.23. The maximum atomic E-state index is 12.0. The molecule has 1 unspecified atom stereocenters. The molecule has 1 atom stereocenters. The van der Waals surface area contributed by atoms with Crippen molar-refractivity contribution in [3.05, 3.63) is 35.4 Å². The Balaban J connectivity index is 1.92. The van der Waals surface area contributed by atoms with Gasteiger partial charge in [-0.2, -0.15) is 0 Å². The SMILES string of the molecule is NC(=O)c1cccc(C(=O)NCC2CCCCN2)c1. The number of carbonyl (C=O) groups is 2. The van der Waals surface area contributed by atoms with Gasteiger partial charge in [0, 0.05) is 23.7 Å². The highest BCUT2D eigenvalue weighted by Crippen LogP contribution is 2.07. The van der Waals surface area contributed by atoms with Gasteiger partial charge >= 0.3 is 0 Å². The molecule has 1 aliphatic heterocycles. The zero-order chi connectivity index (χ0) is 13.7. The van der Waals surface area contributed by atoms with Crippen LogP contribution in [0.2, 0.25) is 0 Å². The third kappa shape index (κ3) is 3.79. The Morgan fingerprint density at radius 2 is 2.11 bits per heavy atom. The molecular weight excluding hydrogens is 242 g/mol. The van der Waals surface area contributed by atoms with Gasteiger partial charge in [0.25, 0.3) is 5.91 Å². The molecule has 0 saturated carbocycles. The highest BCUT2D eigenvalue weighted by atomic mass is 16.2. The summed E-state index contributed by atoms with van der Waals surface area (Å²) >= 11 is 0. The van der Waals surface area contributed by atoms with Crippen LogP contribution in [0.15, 0.2) is 24.3 Å². The van der Waals surface area contributed by atoms with E-state index in [9.17, 15) is 9.59 Å². The molecule has 4 N–H and O–H groups in total. The van der Waals surface area contributed by atoms with Gasteiger partial charge in [-0.15, -0.1) is 0 Å². The van der Waals surface area contributed by atoms with Gasteiger partial charge < -0.3 is 16.4 Å². The molecular formula is C14H19N3O2. The standard InChI is InChI=1S/C14H19N3O2/c15-13(18)10-4-3-5-11(8-10)14(19)17-9-12-6-1-2-7-16-12/h3-5,8,12,16H,1-2,6-7,9H2,(H2,15,18)(H,17,19). The lowest BCUT2D eigenvalue weighted by molar-refractivity contribution is 0.0947. The van der Waals surface area contributed by atoms with Crippen LogP contribution in [0.1, 0.15) is 40.0 Å². The molecule has 102 valence electrons. The van der Waals surface area contributed by atoms with Gasteiger partial charge in [0.05, 0.1) is 0 Å². The molecule has 5 nitrogen and oxygen atoms in total. The number of amides is 2. The molecule has 0 radical (unpaired) electrons. The third-order valence-electron chi connectivity index (χ3n) is 3.33. The minimum Gasteiger partial charge on any atom is -0.366 e. The maximum absolute atomic E-state index is 12.0. The number of nitrogens with two attached hydrogens (primary N) is 1. The number of hydrogen-bond acceptors (Lipinski definition) is 3. The smallest absolute Gasteiger partial charge is 0.251 e. The monoisotopic (exact) mass is 261 g/mol.